The van der Waals surface area contributed by atoms with E-state index in [2.05, 4.69) is 31.7 Å². The molecule has 118 valence electrons. The van der Waals surface area contributed by atoms with E-state index in [1.165, 1.54) is 18.4 Å². The molecule has 2 atom stereocenters. The minimum Gasteiger partial charge on any atom is -0.361 e. The number of aromatic nitrogens is 4. The lowest BCUT2D eigenvalue weighted by atomic mass is 10.1. The van der Waals surface area contributed by atoms with Gasteiger partial charge in [0, 0.05) is 43.6 Å². The number of nitrogens with zero attached hydrogens (tertiary/aromatic N) is 5. The van der Waals surface area contributed by atoms with Gasteiger partial charge in [0.25, 0.3) is 0 Å². The van der Waals surface area contributed by atoms with Crippen LogP contribution in [-0.4, -0.2) is 36.9 Å². The van der Waals surface area contributed by atoms with E-state index in [4.69, 9.17) is 4.52 Å². The molecule has 2 aliphatic heterocycles. The molecule has 22 heavy (non-hydrogen) atoms. The molecule has 0 aromatic carbocycles. The predicted molar refractivity (Wildman–Crippen MR) is 81.4 cm³/mol. The lowest BCUT2D eigenvalue weighted by molar-refractivity contribution is 0.178. The van der Waals surface area contributed by atoms with E-state index in [1.54, 1.807) is 0 Å². The van der Waals surface area contributed by atoms with Crippen LogP contribution >= 0.6 is 0 Å². The quantitative estimate of drug-likeness (QED) is 0.868. The molecule has 0 N–H and O–H groups in total. The first-order chi connectivity index (χ1) is 10.7. The van der Waals surface area contributed by atoms with Crippen molar-refractivity contribution in [3.8, 4) is 0 Å². The van der Waals surface area contributed by atoms with Crippen LogP contribution in [-0.2, 0) is 25.9 Å². The van der Waals surface area contributed by atoms with Crippen LogP contribution in [0.4, 0.5) is 0 Å². The van der Waals surface area contributed by atoms with Gasteiger partial charge in [0.1, 0.15) is 17.4 Å². The van der Waals surface area contributed by atoms with Crippen LogP contribution in [0.25, 0.3) is 0 Å². The lowest BCUT2D eigenvalue weighted by Gasteiger charge is -2.27. The van der Waals surface area contributed by atoms with Gasteiger partial charge in [-0.05, 0) is 26.7 Å². The highest BCUT2D eigenvalue weighted by molar-refractivity contribution is 5.21. The van der Waals surface area contributed by atoms with E-state index in [0.717, 1.165) is 49.0 Å². The van der Waals surface area contributed by atoms with Gasteiger partial charge in [-0.25, -0.2) is 0 Å². The van der Waals surface area contributed by atoms with E-state index in [0.29, 0.717) is 12.1 Å². The molecule has 0 amide bonds. The fourth-order valence-electron chi connectivity index (χ4n) is 4.02. The molecule has 6 heteroatoms. The highest BCUT2D eigenvalue weighted by atomic mass is 16.5. The Morgan fingerprint density at radius 2 is 2.00 bits per heavy atom. The van der Waals surface area contributed by atoms with Gasteiger partial charge < -0.3 is 9.09 Å². The molecule has 0 spiro atoms. The third-order valence-electron chi connectivity index (χ3n) is 5.32. The molecule has 0 aliphatic carbocycles. The topological polar surface area (TPSA) is 60.0 Å². The summed E-state index contributed by atoms with van der Waals surface area (Å²) in [6.07, 6.45) is 4.47. The summed E-state index contributed by atoms with van der Waals surface area (Å²) in [7, 11) is 0. The highest BCUT2D eigenvalue weighted by Gasteiger charge is 2.38. The van der Waals surface area contributed by atoms with Gasteiger partial charge in [0.2, 0.25) is 0 Å². The highest BCUT2D eigenvalue weighted by Crippen LogP contribution is 2.33. The van der Waals surface area contributed by atoms with Crippen molar-refractivity contribution in [1.29, 1.82) is 0 Å². The minimum absolute atomic E-state index is 0.564. The van der Waals surface area contributed by atoms with Crippen molar-refractivity contribution < 1.29 is 4.52 Å². The predicted octanol–water partition coefficient (Wildman–Crippen LogP) is 2.03. The summed E-state index contributed by atoms with van der Waals surface area (Å²) < 4.78 is 7.69. The molecule has 0 unspecified atom stereocenters. The van der Waals surface area contributed by atoms with Crippen LogP contribution in [0.2, 0.25) is 0 Å². The first kappa shape index (κ1) is 13.9. The van der Waals surface area contributed by atoms with Crippen LogP contribution < -0.4 is 0 Å². The summed E-state index contributed by atoms with van der Waals surface area (Å²) in [5.41, 5.74) is 2.28. The van der Waals surface area contributed by atoms with Gasteiger partial charge in [0.15, 0.2) is 0 Å². The Morgan fingerprint density at radius 1 is 1.18 bits per heavy atom. The fourth-order valence-corrected chi connectivity index (χ4v) is 4.02. The molecule has 2 aromatic heterocycles. The fraction of sp³-hybridized carbons (Fsp3) is 0.688. The van der Waals surface area contributed by atoms with E-state index >= 15 is 0 Å². The Balaban J connectivity index is 1.63. The first-order valence-electron chi connectivity index (χ1n) is 8.25. The van der Waals surface area contributed by atoms with E-state index in [1.807, 2.05) is 13.8 Å². The lowest BCUT2D eigenvalue weighted by Crippen LogP contribution is -2.36. The van der Waals surface area contributed by atoms with Crippen LogP contribution in [0, 0.1) is 13.8 Å². The third kappa shape index (κ3) is 2.08. The summed E-state index contributed by atoms with van der Waals surface area (Å²) in [5, 5.41) is 12.9. The van der Waals surface area contributed by atoms with Crippen molar-refractivity contribution in [2.24, 2.45) is 0 Å². The number of hydrogen-bond donors (Lipinski definition) is 0. The second-order valence-corrected chi connectivity index (χ2v) is 6.56. The number of hydrogen-bond acceptors (Lipinski definition) is 5. The van der Waals surface area contributed by atoms with Crippen molar-refractivity contribution in [3.05, 3.63) is 28.7 Å². The van der Waals surface area contributed by atoms with Gasteiger partial charge in [-0.1, -0.05) is 12.1 Å². The van der Waals surface area contributed by atoms with Crippen molar-refractivity contribution >= 4 is 0 Å². The van der Waals surface area contributed by atoms with Gasteiger partial charge in [0.05, 0.1) is 5.69 Å². The van der Waals surface area contributed by atoms with Crippen LogP contribution in [0.15, 0.2) is 4.52 Å². The molecule has 4 rings (SSSR count). The van der Waals surface area contributed by atoms with Crippen molar-refractivity contribution in [1.82, 2.24) is 24.8 Å². The molecule has 0 saturated carbocycles. The molecule has 1 fully saturated rings. The van der Waals surface area contributed by atoms with Crippen molar-refractivity contribution in [2.45, 2.75) is 71.6 Å². The van der Waals surface area contributed by atoms with Crippen LogP contribution in [0.5, 0.6) is 0 Å². The second kappa shape index (κ2) is 5.19. The maximum atomic E-state index is 5.34. The number of fused-ring (bicyclic) bond motifs is 3. The maximum Gasteiger partial charge on any atom is 0.138 e. The molecular weight excluding hydrogens is 278 g/mol. The average molecular weight is 301 g/mol. The van der Waals surface area contributed by atoms with Gasteiger partial charge in [-0.2, -0.15) is 0 Å². The summed E-state index contributed by atoms with van der Waals surface area (Å²) in [4.78, 5) is 2.64. The Hall–Kier alpha value is -1.69. The molecule has 4 heterocycles. The molecule has 6 nitrogen and oxygen atoms in total. The molecule has 1 saturated heterocycles. The van der Waals surface area contributed by atoms with E-state index in [-0.39, 0.29) is 0 Å². The van der Waals surface area contributed by atoms with Crippen molar-refractivity contribution in [2.75, 3.05) is 0 Å². The van der Waals surface area contributed by atoms with E-state index in [9.17, 15) is 0 Å². The first-order valence-corrected chi connectivity index (χ1v) is 8.25. The SMILES string of the molecule is CCc1nnc2n1C[C@H]1CC[C@@H](C2)N1Cc1c(C)noc1C. The van der Waals surface area contributed by atoms with Crippen LogP contribution in [0.1, 0.15) is 48.4 Å². The Bertz CT molecular complexity index is 669. The number of rotatable bonds is 3. The molecular formula is C16H23N5O. The number of aryl methyl sites for hydroxylation is 3. The van der Waals surface area contributed by atoms with Gasteiger partial charge in [-0.15, -0.1) is 10.2 Å². The van der Waals surface area contributed by atoms with Gasteiger partial charge in [-0.3, -0.25) is 4.90 Å². The average Bonchev–Trinajstić information content (AvgIpc) is 3.11. The maximum absolute atomic E-state index is 5.34. The summed E-state index contributed by atoms with van der Waals surface area (Å²) in [6, 6.07) is 1.13. The Kier molecular flexibility index (Phi) is 3.29. The summed E-state index contributed by atoms with van der Waals surface area (Å²) in [6.45, 7) is 8.17. The summed E-state index contributed by atoms with van der Waals surface area (Å²) >= 11 is 0. The zero-order valence-corrected chi connectivity index (χ0v) is 13.5. The Labute approximate surface area is 130 Å². The zero-order valence-electron chi connectivity index (χ0n) is 13.5. The summed E-state index contributed by atoms with van der Waals surface area (Å²) in [5.74, 6) is 3.24. The minimum atomic E-state index is 0.564. The normalized spacial score (nSPS) is 24.5. The standard InChI is InChI=1S/C16H23N5O/c1-4-15-17-18-16-7-12-5-6-13(8-21(15)16)20(12)9-14-10(2)19-22-11(14)3/h12-13H,4-9H2,1-3H3/t12-,13+/m0/s1. The van der Waals surface area contributed by atoms with Crippen molar-refractivity contribution in [3.63, 3.8) is 0 Å². The van der Waals surface area contributed by atoms with Gasteiger partial charge >= 0.3 is 0 Å². The zero-order chi connectivity index (χ0) is 15.3. The Morgan fingerprint density at radius 3 is 2.73 bits per heavy atom. The molecule has 2 bridgehead atoms. The second-order valence-electron chi connectivity index (χ2n) is 6.56. The third-order valence-corrected chi connectivity index (χ3v) is 5.32. The monoisotopic (exact) mass is 301 g/mol. The smallest absolute Gasteiger partial charge is 0.138 e. The van der Waals surface area contributed by atoms with E-state index < -0.39 is 0 Å². The largest absolute Gasteiger partial charge is 0.361 e. The molecule has 2 aliphatic rings. The molecule has 2 aromatic rings. The van der Waals surface area contributed by atoms with Crippen LogP contribution in [0.3, 0.4) is 0 Å². The molecule has 0 radical (unpaired) electrons.